The lowest BCUT2D eigenvalue weighted by molar-refractivity contribution is 0.565. The van der Waals surface area contributed by atoms with Gasteiger partial charge in [-0.1, -0.05) is 13.8 Å². The average molecular weight is 315 g/mol. The number of hydrogen-bond acceptors (Lipinski definition) is 4. The fourth-order valence-electron chi connectivity index (χ4n) is 1.38. The number of thiophene rings is 1. The quantitative estimate of drug-likeness (QED) is 0.922. The van der Waals surface area contributed by atoms with Gasteiger partial charge in [0.2, 0.25) is 0 Å². The van der Waals surface area contributed by atoms with E-state index >= 15 is 0 Å². The Morgan fingerprint density at radius 3 is 3.00 bits per heavy atom. The molecule has 17 heavy (non-hydrogen) atoms. The Kier molecular flexibility index (Phi) is 4.31. The number of nitrogens with zero attached hydrogens (tertiary/aromatic N) is 3. The van der Waals surface area contributed by atoms with E-state index in [-0.39, 0.29) is 0 Å². The lowest BCUT2D eigenvalue weighted by Gasteiger charge is -2.04. The highest BCUT2D eigenvalue weighted by molar-refractivity contribution is 9.10. The van der Waals surface area contributed by atoms with Gasteiger partial charge in [-0.15, -0.1) is 11.3 Å². The van der Waals surface area contributed by atoms with E-state index in [4.69, 9.17) is 0 Å². The van der Waals surface area contributed by atoms with Crippen molar-refractivity contribution in [1.29, 1.82) is 0 Å². The molecule has 0 atom stereocenters. The van der Waals surface area contributed by atoms with Gasteiger partial charge in [0.15, 0.2) is 5.82 Å². The van der Waals surface area contributed by atoms with Crippen LogP contribution in [0.3, 0.4) is 0 Å². The number of halogens is 1. The smallest absolute Gasteiger partial charge is 0.164 e. The van der Waals surface area contributed by atoms with Crippen molar-refractivity contribution in [2.75, 3.05) is 0 Å². The summed E-state index contributed by atoms with van der Waals surface area (Å²) in [4.78, 5) is 5.54. The Morgan fingerprint density at radius 1 is 1.53 bits per heavy atom. The van der Waals surface area contributed by atoms with Crippen molar-refractivity contribution in [1.82, 2.24) is 20.1 Å². The van der Waals surface area contributed by atoms with Crippen molar-refractivity contribution in [3.05, 3.63) is 32.9 Å². The van der Waals surface area contributed by atoms with E-state index in [1.54, 1.807) is 17.7 Å². The highest BCUT2D eigenvalue weighted by Gasteiger charge is 2.03. The minimum atomic E-state index is 0.454. The number of nitrogens with one attached hydrogen (secondary N) is 1. The predicted octanol–water partition coefficient (Wildman–Crippen LogP) is 2.65. The molecule has 0 aliphatic carbocycles. The third kappa shape index (κ3) is 3.90. The van der Waals surface area contributed by atoms with Crippen LogP contribution < -0.4 is 5.32 Å². The molecule has 0 spiro atoms. The highest BCUT2D eigenvalue weighted by atomic mass is 79.9. The van der Waals surface area contributed by atoms with Crippen LogP contribution in [-0.4, -0.2) is 20.8 Å². The first kappa shape index (κ1) is 12.7. The topological polar surface area (TPSA) is 42.7 Å². The van der Waals surface area contributed by atoms with Crippen molar-refractivity contribution in [2.24, 2.45) is 0 Å². The largest absolute Gasteiger partial charge is 0.308 e. The van der Waals surface area contributed by atoms with Crippen molar-refractivity contribution in [2.45, 2.75) is 33.0 Å². The lowest BCUT2D eigenvalue weighted by atomic mass is 10.4. The van der Waals surface area contributed by atoms with Crippen LogP contribution in [0, 0.1) is 0 Å². The highest BCUT2D eigenvalue weighted by Crippen LogP contribution is 2.20. The Balaban J connectivity index is 1.94. The molecule has 0 unspecified atom stereocenters. The standard InChI is InChI=1S/C11H15BrN4S/c1-8(2)13-4-11-14-7-16(15-11)5-10-3-9(12)6-17-10/h3,6-8,13H,4-5H2,1-2H3. The number of rotatable bonds is 5. The minimum Gasteiger partial charge on any atom is -0.308 e. The van der Waals surface area contributed by atoms with Crippen LogP contribution in [-0.2, 0) is 13.1 Å². The molecule has 92 valence electrons. The van der Waals surface area contributed by atoms with Crippen LogP contribution in [0.25, 0.3) is 0 Å². The zero-order chi connectivity index (χ0) is 12.3. The fourth-order valence-corrected chi connectivity index (χ4v) is 2.82. The van der Waals surface area contributed by atoms with E-state index < -0.39 is 0 Å². The maximum atomic E-state index is 4.42. The summed E-state index contributed by atoms with van der Waals surface area (Å²) in [5, 5.41) is 9.80. The van der Waals surface area contributed by atoms with Crippen LogP contribution in [0.4, 0.5) is 0 Å². The second-order valence-electron chi connectivity index (χ2n) is 4.13. The van der Waals surface area contributed by atoms with Gasteiger partial charge < -0.3 is 5.32 Å². The summed E-state index contributed by atoms with van der Waals surface area (Å²) >= 11 is 5.17. The summed E-state index contributed by atoms with van der Waals surface area (Å²) in [5.74, 6) is 0.842. The molecule has 0 amide bonds. The molecular formula is C11H15BrN4S. The second kappa shape index (κ2) is 5.75. The van der Waals surface area contributed by atoms with Crippen LogP contribution in [0.5, 0.6) is 0 Å². The SMILES string of the molecule is CC(C)NCc1ncn(Cc2cc(Br)cs2)n1. The number of aromatic nitrogens is 3. The molecule has 6 heteroatoms. The molecule has 0 bridgehead atoms. The fraction of sp³-hybridized carbons (Fsp3) is 0.455. The molecule has 0 aromatic carbocycles. The summed E-state index contributed by atoms with van der Waals surface area (Å²) in [6, 6.07) is 2.56. The van der Waals surface area contributed by atoms with E-state index in [0.29, 0.717) is 6.04 Å². The molecule has 2 aromatic rings. The van der Waals surface area contributed by atoms with Crippen LogP contribution in [0.15, 0.2) is 22.2 Å². The first-order valence-corrected chi connectivity index (χ1v) is 7.15. The minimum absolute atomic E-state index is 0.454. The van der Waals surface area contributed by atoms with E-state index in [2.05, 4.69) is 56.6 Å². The molecule has 1 N–H and O–H groups in total. The van der Waals surface area contributed by atoms with Gasteiger partial charge in [0.05, 0.1) is 13.1 Å². The Labute approximate surface area is 113 Å². The molecule has 4 nitrogen and oxygen atoms in total. The van der Waals surface area contributed by atoms with Gasteiger partial charge in [-0.05, 0) is 22.0 Å². The average Bonchev–Trinajstić information content (AvgIpc) is 2.86. The Hall–Kier alpha value is -0.720. The van der Waals surface area contributed by atoms with Crippen LogP contribution >= 0.6 is 27.3 Å². The summed E-state index contributed by atoms with van der Waals surface area (Å²) < 4.78 is 3.00. The molecule has 0 saturated carbocycles. The Morgan fingerprint density at radius 2 is 2.35 bits per heavy atom. The molecule has 2 aromatic heterocycles. The number of hydrogen-bond donors (Lipinski definition) is 1. The molecule has 2 heterocycles. The first-order valence-electron chi connectivity index (χ1n) is 5.48. The van der Waals surface area contributed by atoms with E-state index in [1.165, 1.54) is 4.88 Å². The van der Waals surface area contributed by atoms with Gasteiger partial charge in [0.25, 0.3) is 0 Å². The maximum absolute atomic E-state index is 4.42. The van der Waals surface area contributed by atoms with Crippen molar-refractivity contribution < 1.29 is 0 Å². The van der Waals surface area contributed by atoms with Gasteiger partial charge in [-0.3, -0.25) is 0 Å². The maximum Gasteiger partial charge on any atom is 0.164 e. The molecule has 2 rings (SSSR count). The van der Waals surface area contributed by atoms with Crippen molar-refractivity contribution in [3.63, 3.8) is 0 Å². The van der Waals surface area contributed by atoms with Crippen molar-refractivity contribution >= 4 is 27.3 Å². The molecule has 0 radical (unpaired) electrons. The van der Waals surface area contributed by atoms with Crippen molar-refractivity contribution in [3.8, 4) is 0 Å². The van der Waals surface area contributed by atoms with Gasteiger partial charge in [0, 0.05) is 20.8 Å². The first-order chi connectivity index (χ1) is 8.13. The summed E-state index contributed by atoms with van der Waals surface area (Å²) in [5.41, 5.74) is 0. The van der Waals surface area contributed by atoms with Gasteiger partial charge >= 0.3 is 0 Å². The van der Waals surface area contributed by atoms with E-state index in [1.807, 2.05) is 4.68 Å². The third-order valence-corrected chi connectivity index (χ3v) is 3.87. The van der Waals surface area contributed by atoms with Crippen LogP contribution in [0.2, 0.25) is 0 Å². The monoisotopic (exact) mass is 314 g/mol. The van der Waals surface area contributed by atoms with Gasteiger partial charge in [-0.2, -0.15) is 5.10 Å². The predicted molar refractivity (Wildman–Crippen MR) is 73.1 cm³/mol. The Bertz CT molecular complexity index is 477. The van der Waals surface area contributed by atoms with Gasteiger partial charge in [-0.25, -0.2) is 9.67 Å². The zero-order valence-corrected chi connectivity index (χ0v) is 12.3. The van der Waals surface area contributed by atoms with E-state index in [9.17, 15) is 0 Å². The molecular weight excluding hydrogens is 300 g/mol. The third-order valence-electron chi connectivity index (χ3n) is 2.19. The summed E-state index contributed by atoms with van der Waals surface area (Å²) in [7, 11) is 0. The van der Waals surface area contributed by atoms with E-state index in [0.717, 1.165) is 23.4 Å². The van der Waals surface area contributed by atoms with Crippen LogP contribution in [0.1, 0.15) is 24.5 Å². The normalized spacial score (nSPS) is 11.3. The summed E-state index contributed by atoms with van der Waals surface area (Å²) in [6.45, 7) is 5.73. The molecule has 0 aliphatic rings. The molecule has 0 saturated heterocycles. The molecule has 0 aliphatic heterocycles. The van der Waals surface area contributed by atoms with Gasteiger partial charge in [0.1, 0.15) is 6.33 Å². The molecule has 0 fully saturated rings. The lowest BCUT2D eigenvalue weighted by Crippen LogP contribution is -2.22. The summed E-state index contributed by atoms with van der Waals surface area (Å²) in [6.07, 6.45) is 1.78. The zero-order valence-electron chi connectivity index (χ0n) is 9.85. The second-order valence-corrected chi connectivity index (χ2v) is 6.04.